The van der Waals surface area contributed by atoms with Crippen LogP contribution in [-0.2, 0) is 18.4 Å². The molecule has 4 heterocycles. The Kier molecular flexibility index (Phi) is 4.49. The lowest BCUT2D eigenvalue weighted by atomic mass is 9.97. The largest absolute Gasteiger partial charge is 0.496 e. The summed E-state index contributed by atoms with van der Waals surface area (Å²) < 4.78 is 67.3. The van der Waals surface area contributed by atoms with Gasteiger partial charge in [0, 0.05) is 65.5 Å². The first kappa shape index (κ1) is 17.8. The Morgan fingerprint density at radius 3 is 2.92 bits per heavy atom. The van der Waals surface area contributed by atoms with Crippen LogP contribution in [0.1, 0.15) is 43.5 Å². The number of benzene rings is 1. The maximum atomic E-state index is 14.2. The Bertz CT molecular complexity index is 1660. The van der Waals surface area contributed by atoms with Crippen molar-refractivity contribution in [1.29, 1.82) is 0 Å². The van der Waals surface area contributed by atoms with Crippen LogP contribution in [0, 0.1) is 0 Å². The Labute approximate surface area is 227 Å². The third-order valence-electron chi connectivity index (χ3n) is 6.96. The molecule has 192 valence electrons. The van der Waals surface area contributed by atoms with Crippen molar-refractivity contribution in [2.24, 2.45) is 7.05 Å². The van der Waals surface area contributed by atoms with Crippen LogP contribution in [0.15, 0.2) is 41.2 Å². The molecule has 6 rings (SSSR count). The summed E-state index contributed by atoms with van der Waals surface area (Å²) in [7, 11) is 0.765. The lowest BCUT2D eigenvalue weighted by Crippen LogP contribution is -2.36. The van der Waals surface area contributed by atoms with Crippen LogP contribution in [0.25, 0.3) is 28.2 Å². The van der Waals surface area contributed by atoms with E-state index in [2.05, 4.69) is 5.10 Å². The summed E-state index contributed by atoms with van der Waals surface area (Å²) in [6.07, 6.45) is 1.82. The van der Waals surface area contributed by atoms with E-state index in [1.807, 2.05) is 42.2 Å². The molecular weight excluding hydrogens is 490 g/mol. The van der Waals surface area contributed by atoms with Crippen LogP contribution in [0.3, 0.4) is 0 Å². The Morgan fingerprint density at radius 2 is 2.19 bits per heavy atom. The fraction of sp³-hybridized carbons (Fsp3) is 0.370. The summed E-state index contributed by atoms with van der Waals surface area (Å²) in [6, 6.07) is 6.61. The summed E-state index contributed by atoms with van der Waals surface area (Å²) >= 11 is 1.46. The Morgan fingerprint density at radius 1 is 1.27 bits per heavy atom. The van der Waals surface area contributed by atoms with Crippen molar-refractivity contribution in [2.75, 3.05) is 21.1 Å². The van der Waals surface area contributed by atoms with Gasteiger partial charge in [-0.2, -0.15) is 21.5 Å². The molecule has 2 atom stereocenters. The molecule has 4 aromatic rings. The van der Waals surface area contributed by atoms with Crippen molar-refractivity contribution < 1.29 is 27.2 Å². The van der Waals surface area contributed by atoms with E-state index in [-0.39, 0.29) is 25.1 Å². The van der Waals surface area contributed by atoms with Gasteiger partial charge < -0.3 is 19.1 Å². The standard InChI is InChI=1S/C27H29N5O4S/c1-30-9-7-22(28-30)19-12-20-24(13-23(19)35-4)36-14-21-25(29-32(26(20)21)17-8-10-37-15-17)27(33)31(2)16-5-6-18(11-16)34-3/h7-10,12-13,15-16,18H,5-6,11,14H2,1-4H3/t16-,18+/m0/s1/i2D3,3D3. The highest BCUT2D eigenvalue weighted by Gasteiger charge is 2.36. The van der Waals surface area contributed by atoms with Crippen molar-refractivity contribution >= 4 is 17.2 Å². The zero-order valence-corrected chi connectivity index (χ0v) is 21.1. The van der Waals surface area contributed by atoms with E-state index in [9.17, 15) is 4.79 Å². The molecule has 1 saturated carbocycles. The molecule has 1 aromatic carbocycles. The van der Waals surface area contributed by atoms with Gasteiger partial charge in [0.1, 0.15) is 18.1 Å². The normalized spacial score (nSPS) is 21.4. The molecule has 0 spiro atoms. The van der Waals surface area contributed by atoms with E-state index in [1.54, 1.807) is 22.5 Å². The van der Waals surface area contributed by atoms with Crippen molar-refractivity contribution in [3.63, 3.8) is 0 Å². The molecule has 3 aromatic heterocycles. The zero-order chi connectivity index (χ0) is 30.7. The number of carbonyl (C=O) groups excluding carboxylic acids is 1. The highest BCUT2D eigenvalue weighted by Crippen LogP contribution is 2.46. The van der Waals surface area contributed by atoms with Crippen molar-refractivity contribution in [3.05, 3.63) is 52.5 Å². The molecule has 0 saturated heterocycles. The van der Waals surface area contributed by atoms with Crippen LogP contribution >= 0.6 is 11.3 Å². The average molecular weight is 526 g/mol. The van der Waals surface area contributed by atoms with E-state index in [0.717, 1.165) is 4.90 Å². The number of carbonyl (C=O) groups is 1. The Balaban J connectivity index is 1.47. The number of aryl methyl sites for hydroxylation is 1. The monoisotopic (exact) mass is 525 g/mol. The fourth-order valence-corrected chi connectivity index (χ4v) is 5.70. The Hall–Kier alpha value is -3.63. The van der Waals surface area contributed by atoms with Crippen molar-refractivity contribution in [3.8, 4) is 39.7 Å². The van der Waals surface area contributed by atoms with Crippen LogP contribution in [0.4, 0.5) is 0 Å². The quantitative estimate of drug-likeness (QED) is 0.368. The minimum atomic E-state index is -2.80. The number of amides is 1. The van der Waals surface area contributed by atoms with Crippen LogP contribution in [0.2, 0.25) is 0 Å². The number of hydrogen-bond acceptors (Lipinski definition) is 7. The van der Waals surface area contributed by atoms with Crippen LogP contribution < -0.4 is 9.47 Å². The number of rotatable bonds is 6. The molecule has 1 aliphatic carbocycles. The fourth-order valence-electron chi connectivity index (χ4n) is 5.08. The molecule has 9 nitrogen and oxygen atoms in total. The third-order valence-corrected chi connectivity index (χ3v) is 7.63. The summed E-state index contributed by atoms with van der Waals surface area (Å²) in [6.45, 7) is -2.83. The van der Waals surface area contributed by atoms with Crippen molar-refractivity contribution in [2.45, 2.75) is 38.0 Å². The first-order chi connectivity index (χ1) is 20.3. The van der Waals surface area contributed by atoms with Gasteiger partial charge in [0.15, 0.2) is 5.69 Å². The maximum absolute atomic E-state index is 14.2. The number of thiophene rings is 1. The van der Waals surface area contributed by atoms with Gasteiger partial charge in [0.25, 0.3) is 5.91 Å². The second-order valence-electron chi connectivity index (χ2n) is 9.16. The lowest BCUT2D eigenvalue weighted by molar-refractivity contribution is 0.0686. The van der Waals surface area contributed by atoms with Crippen LogP contribution in [0.5, 0.6) is 11.5 Å². The molecule has 2 aliphatic rings. The molecule has 1 fully saturated rings. The predicted molar refractivity (Wildman–Crippen MR) is 140 cm³/mol. The number of hydrogen-bond donors (Lipinski definition) is 0. The van der Waals surface area contributed by atoms with Gasteiger partial charge in [-0.3, -0.25) is 9.48 Å². The SMILES string of the molecule is [2H]C([2H])([2H])O[C@@H]1CC[C@H](N(C(=O)c2nn(-c3ccsc3)c3c2COc2cc(OC)c(-c4ccn(C)n4)cc2-3)C([2H])([2H])[2H])C1. The van der Waals surface area contributed by atoms with Gasteiger partial charge in [-0.05, 0) is 42.8 Å². The topological polar surface area (TPSA) is 83.6 Å². The summed E-state index contributed by atoms with van der Waals surface area (Å²) in [5.74, 6) is 0.297. The van der Waals surface area contributed by atoms with Crippen LogP contribution in [-0.4, -0.2) is 63.6 Å². The second-order valence-corrected chi connectivity index (χ2v) is 9.94. The first-order valence-corrected chi connectivity index (χ1v) is 12.8. The third kappa shape index (κ3) is 4.00. The molecule has 1 aliphatic heterocycles. The van der Waals surface area contributed by atoms with E-state index < -0.39 is 32.1 Å². The number of methoxy groups -OCH3 is 2. The summed E-state index contributed by atoms with van der Waals surface area (Å²) in [5.41, 5.74) is 3.74. The summed E-state index contributed by atoms with van der Waals surface area (Å²) in [5, 5.41) is 13.0. The highest BCUT2D eigenvalue weighted by molar-refractivity contribution is 7.08. The first-order valence-electron chi connectivity index (χ1n) is 14.8. The highest BCUT2D eigenvalue weighted by atomic mass is 32.1. The van der Waals surface area contributed by atoms with Gasteiger partial charge in [-0.25, -0.2) is 4.68 Å². The van der Waals surface area contributed by atoms with Gasteiger partial charge in [-0.1, -0.05) is 0 Å². The predicted octanol–water partition coefficient (Wildman–Crippen LogP) is 4.54. The number of fused-ring (bicyclic) bond motifs is 3. The van der Waals surface area contributed by atoms with Crippen molar-refractivity contribution in [1.82, 2.24) is 24.5 Å². The van der Waals surface area contributed by atoms with E-state index in [4.69, 9.17) is 27.5 Å². The van der Waals surface area contributed by atoms with E-state index >= 15 is 0 Å². The molecule has 0 unspecified atom stereocenters. The molecule has 37 heavy (non-hydrogen) atoms. The summed E-state index contributed by atoms with van der Waals surface area (Å²) in [4.78, 5) is 15.0. The minimum absolute atomic E-state index is 0.0239. The van der Waals surface area contributed by atoms with E-state index in [1.165, 1.54) is 11.3 Å². The smallest absolute Gasteiger partial charge is 0.274 e. The molecule has 0 radical (unpaired) electrons. The zero-order valence-electron chi connectivity index (χ0n) is 26.3. The number of ether oxygens (including phenoxy) is 3. The lowest BCUT2D eigenvalue weighted by Gasteiger charge is -2.25. The van der Waals surface area contributed by atoms with E-state index in [0.29, 0.717) is 51.7 Å². The molecule has 10 heteroatoms. The van der Waals surface area contributed by atoms with Gasteiger partial charge >= 0.3 is 0 Å². The average Bonchev–Trinajstić information content (AvgIpc) is 3.73. The van der Waals surface area contributed by atoms with Gasteiger partial charge in [0.05, 0.1) is 34.4 Å². The number of nitrogens with zero attached hydrogens (tertiary/aromatic N) is 5. The second kappa shape index (κ2) is 9.35. The molecule has 0 N–H and O–H groups in total. The van der Waals surface area contributed by atoms with Gasteiger partial charge in [-0.15, -0.1) is 0 Å². The maximum Gasteiger partial charge on any atom is 0.274 e. The molecule has 0 bridgehead atoms. The molecule has 1 amide bonds. The number of aromatic nitrogens is 4. The minimum Gasteiger partial charge on any atom is -0.496 e. The van der Waals surface area contributed by atoms with Gasteiger partial charge in [0.2, 0.25) is 0 Å². The molecular formula is C27H29N5O4S.